The van der Waals surface area contributed by atoms with Crippen LogP contribution >= 0.6 is 0 Å². The van der Waals surface area contributed by atoms with Gasteiger partial charge in [-0.05, 0) is 33.4 Å². The van der Waals surface area contributed by atoms with Gasteiger partial charge in [0.15, 0.2) is 0 Å². The minimum atomic E-state index is -1.16. The zero-order chi connectivity index (χ0) is 17.8. The largest absolute Gasteiger partial charge is 0.383 e. The van der Waals surface area contributed by atoms with Gasteiger partial charge in [-0.3, -0.25) is 4.68 Å². The monoisotopic (exact) mass is 325 g/mol. The molecule has 0 spiro atoms. The highest BCUT2D eigenvalue weighted by Gasteiger charge is 2.29. The number of nitrogens with zero attached hydrogens (tertiary/aromatic N) is 3. The summed E-state index contributed by atoms with van der Waals surface area (Å²) in [6.07, 6.45) is 3.34. The highest BCUT2D eigenvalue weighted by Crippen LogP contribution is 2.21. The first kappa shape index (κ1) is 19.4. The summed E-state index contributed by atoms with van der Waals surface area (Å²) in [6.45, 7) is 8.85. The molecule has 132 valence electrons. The van der Waals surface area contributed by atoms with Gasteiger partial charge in [-0.25, -0.2) is 4.79 Å². The van der Waals surface area contributed by atoms with Crippen LogP contribution in [0.3, 0.4) is 0 Å². The minimum absolute atomic E-state index is 0.00626. The van der Waals surface area contributed by atoms with E-state index in [2.05, 4.69) is 34.5 Å². The van der Waals surface area contributed by atoms with E-state index in [0.717, 1.165) is 6.54 Å². The Labute approximate surface area is 139 Å². The van der Waals surface area contributed by atoms with Gasteiger partial charge in [0.05, 0.1) is 12.7 Å². The number of amides is 2. The molecule has 0 aliphatic rings. The zero-order valence-electron chi connectivity index (χ0n) is 15.3. The molecule has 0 saturated carbocycles. The molecule has 0 bridgehead atoms. The second kappa shape index (κ2) is 7.31. The quantitative estimate of drug-likeness (QED) is 0.696. The smallest absolute Gasteiger partial charge is 0.315 e. The molecule has 2 atom stereocenters. The molecule has 2 unspecified atom stereocenters. The molecular weight excluding hydrogens is 294 g/mol. The van der Waals surface area contributed by atoms with Crippen LogP contribution in [0.1, 0.15) is 33.3 Å². The number of urea groups is 1. The van der Waals surface area contributed by atoms with Gasteiger partial charge in [0.2, 0.25) is 0 Å². The third-order valence-electron chi connectivity index (χ3n) is 4.16. The van der Waals surface area contributed by atoms with Crippen LogP contribution in [0.5, 0.6) is 0 Å². The Balaban J connectivity index is 2.53. The Hall–Kier alpha value is -1.60. The molecule has 23 heavy (non-hydrogen) atoms. The second-order valence-electron chi connectivity index (χ2n) is 7.45. The maximum absolute atomic E-state index is 12.1. The van der Waals surface area contributed by atoms with Gasteiger partial charge in [0.1, 0.15) is 5.60 Å². The maximum Gasteiger partial charge on any atom is 0.315 e. The van der Waals surface area contributed by atoms with Gasteiger partial charge < -0.3 is 20.6 Å². The van der Waals surface area contributed by atoms with E-state index in [9.17, 15) is 9.90 Å². The molecular formula is C16H31N5O2. The van der Waals surface area contributed by atoms with Crippen LogP contribution in [0.2, 0.25) is 0 Å². The van der Waals surface area contributed by atoms with E-state index in [4.69, 9.17) is 0 Å². The number of hydrogen-bond donors (Lipinski definition) is 3. The molecule has 1 heterocycles. The van der Waals surface area contributed by atoms with Gasteiger partial charge >= 0.3 is 6.03 Å². The van der Waals surface area contributed by atoms with E-state index >= 15 is 0 Å². The lowest BCUT2D eigenvalue weighted by molar-refractivity contribution is 0.0589. The van der Waals surface area contributed by atoms with E-state index in [1.54, 1.807) is 31.0 Å². The summed E-state index contributed by atoms with van der Waals surface area (Å²) >= 11 is 0. The van der Waals surface area contributed by atoms with Crippen LogP contribution < -0.4 is 10.6 Å². The number of aromatic nitrogens is 2. The molecule has 0 aliphatic carbocycles. The third kappa shape index (κ3) is 5.84. The van der Waals surface area contributed by atoms with E-state index in [-0.39, 0.29) is 24.0 Å². The van der Waals surface area contributed by atoms with Crippen LogP contribution in [0.4, 0.5) is 4.79 Å². The normalized spacial score (nSPS) is 16.0. The van der Waals surface area contributed by atoms with Crippen LogP contribution in [-0.4, -0.2) is 59.0 Å². The van der Waals surface area contributed by atoms with Crippen molar-refractivity contribution >= 4 is 6.03 Å². The van der Waals surface area contributed by atoms with Crippen molar-refractivity contribution in [3.8, 4) is 0 Å². The zero-order valence-corrected chi connectivity index (χ0v) is 15.3. The lowest BCUT2D eigenvalue weighted by Crippen LogP contribution is -2.52. The molecule has 0 saturated heterocycles. The number of hydrogen-bond acceptors (Lipinski definition) is 4. The van der Waals surface area contributed by atoms with Gasteiger partial charge in [-0.2, -0.15) is 5.10 Å². The first-order chi connectivity index (χ1) is 10.4. The molecule has 1 rings (SSSR count). The first-order valence-electron chi connectivity index (χ1n) is 7.84. The van der Waals surface area contributed by atoms with Gasteiger partial charge in [0, 0.05) is 31.4 Å². The fourth-order valence-corrected chi connectivity index (χ4v) is 2.45. The van der Waals surface area contributed by atoms with E-state index in [1.165, 1.54) is 0 Å². The van der Waals surface area contributed by atoms with Crippen molar-refractivity contribution in [2.75, 3.05) is 27.2 Å². The maximum atomic E-state index is 12.1. The highest BCUT2D eigenvalue weighted by atomic mass is 16.3. The second-order valence-corrected chi connectivity index (χ2v) is 7.45. The summed E-state index contributed by atoms with van der Waals surface area (Å²) in [7, 11) is 5.81. The molecule has 0 aliphatic heterocycles. The van der Waals surface area contributed by atoms with Crippen LogP contribution in [0.25, 0.3) is 0 Å². The molecule has 1 aromatic heterocycles. The molecule has 1 aromatic rings. The summed E-state index contributed by atoms with van der Waals surface area (Å²) in [5.41, 5.74) is -0.554. The Kier molecular flexibility index (Phi) is 6.18. The number of carbonyl (C=O) groups is 1. The van der Waals surface area contributed by atoms with Crippen LogP contribution in [-0.2, 0) is 12.6 Å². The number of aryl methyl sites for hydroxylation is 1. The van der Waals surface area contributed by atoms with Crippen molar-refractivity contribution in [1.82, 2.24) is 25.3 Å². The standard InChI is InChI=1S/C16H31N5O2/c1-12(15(2,3)11-20(5)6)19-14(22)17-10-16(4,23)13-8-18-21(7)9-13/h8-9,12,23H,10-11H2,1-7H3,(H2,17,19,22). The average Bonchev–Trinajstić information content (AvgIpc) is 2.82. The van der Waals surface area contributed by atoms with Crippen LogP contribution in [0, 0.1) is 5.41 Å². The van der Waals surface area contributed by atoms with Crippen molar-refractivity contribution in [3.05, 3.63) is 18.0 Å². The summed E-state index contributed by atoms with van der Waals surface area (Å²) in [5, 5.41) is 20.2. The summed E-state index contributed by atoms with van der Waals surface area (Å²) < 4.78 is 1.62. The van der Waals surface area contributed by atoms with Crippen LogP contribution in [0.15, 0.2) is 12.4 Å². The SMILES string of the molecule is CC(NC(=O)NCC(C)(O)c1cnn(C)c1)C(C)(C)CN(C)C. The molecule has 3 N–H and O–H groups in total. The Morgan fingerprint density at radius 2 is 2.04 bits per heavy atom. The predicted octanol–water partition coefficient (Wildman–Crippen LogP) is 0.903. The first-order valence-corrected chi connectivity index (χ1v) is 7.84. The molecule has 7 heteroatoms. The Bertz CT molecular complexity index is 522. The average molecular weight is 325 g/mol. The number of rotatable bonds is 7. The Morgan fingerprint density at radius 1 is 1.43 bits per heavy atom. The lowest BCUT2D eigenvalue weighted by Gasteiger charge is -2.35. The lowest BCUT2D eigenvalue weighted by atomic mass is 9.85. The summed E-state index contributed by atoms with van der Waals surface area (Å²) in [5.74, 6) is 0. The minimum Gasteiger partial charge on any atom is -0.383 e. The molecule has 0 aromatic carbocycles. The third-order valence-corrected chi connectivity index (χ3v) is 4.16. The van der Waals surface area contributed by atoms with Gasteiger partial charge in [-0.15, -0.1) is 0 Å². The highest BCUT2D eigenvalue weighted by molar-refractivity contribution is 5.74. The van der Waals surface area contributed by atoms with E-state index in [1.807, 2.05) is 21.0 Å². The Morgan fingerprint density at radius 3 is 2.52 bits per heavy atom. The van der Waals surface area contributed by atoms with Crippen molar-refractivity contribution < 1.29 is 9.90 Å². The van der Waals surface area contributed by atoms with Crippen molar-refractivity contribution in [3.63, 3.8) is 0 Å². The van der Waals surface area contributed by atoms with Crippen molar-refractivity contribution in [2.24, 2.45) is 12.5 Å². The van der Waals surface area contributed by atoms with Gasteiger partial charge in [-0.1, -0.05) is 13.8 Å². The van der Waals surface area contributed by atoms with Crippen molar-refractivity contribution in [1.29, 1.82) is 0 Å². The number of carbonyl (C=O) groups excluding carboxylic acids is 1. The fraction of sp³-hybridized carbons (Fsp3) is 0.750. The van der Waals surface area contributed by atoms with E-state index in [0.29, 0.717) is 5.56 Å². The topological polar surface area (TPSA) is 82.4 Å². The van der Waals surface area contributed by atoms with Gasteiger partial charge in [0.25, 0.3) is 0 Å². The number of aliphatic hydroxyl groups is 1. The summed E-state index contributed by atoms with van der Waals surface area (Å²) in [4.78, 5) is 14.2. The van der Waals surface area contributed by atoms with E-state index < -0.39 is 5.60 Å². The fourth-order valence-electron chi connectivity index (χ4n) is 2.45. The molecule has 2 amide bonds. The van der Waals surface area contributed by atoms with Crippen molar-refractivity contribution in [2.45, 2.75) is 39.3 Å². The predicted molar refractivity (Wildman–Crippen MR) is 91.1 cm³/mol. The summed E-state index contributed by atoms with van der Waals surface area (Å²) in [6, 6.07) is -0.290. The molecule has 7 nitrogen and oxygen atoms in total. The molecule has 0 radical (unpaired) electrons. The molecule has 0 fully saturated rings. The number of nitrogens with one attached hydrogen (secondary N) is 2.